The fourth-order valence-corrected chi connectivity index (χ4v) is 5.75. The summed E-state index contributed by atoms with van der Waals surface area (Å²) in [5.41, 5.74) is -0.285. The Kier molecular flexibility index (Phi) is 10.6. The minimum atomic E-state index is -5.04. The lowest BCUT2D eigenvalue weighted by atomic mass is 9.94. The van der Waals surface area contributed by atoms with E-state index in [1.165, 1.54) is 23.2 Å². The van der Waals surface area contributed by atoms with E-state index in [9.17, 15) is 31.1 Å². The summed E-state index contributed by atoms with van der Waals surface area (Å²) in [5, 5.41) is 0.526. The molecule has 1 aliphatic heterocycles. The number of rotatable bonds is 9. The zero-order valence-electron chi connectivity index (χ0n) is 24.9. The van der Waals surface area contributed by atoms with E-state index in [1.807, 2.05) is 18.2 Å². The quantitative estimate of drug-likeness (QED) is 0.220. The lowest BCUT2D eigenvalue weighted by molar-refractivity contribution is -0.143. The van der Waals surface area contributed by atoms with Gasteiger partial charge in [-0.2, -0.15) is 26.3 Å². The molecule has 3 aromatic carbocycles. The Morgan fingerprint density at radius 3 is 1.98 bits per heavy atom. The lowest BCUT2D eigenvalue weighted by Crippen LogP contribution is -2.47. The second-order valence-corrected chi connectivity index (χ2v) is 12.0. The first kappa shape index (κ1) is 33.6. The number of para-hydroxylation sites is 1. The largest absolute Gasteiger partial charge is 0.416 e. The molecule has 0 spiro atoms. The van der Waals surface area contributed by atoms with Gasteiger partial charge in [0.05, 0.1) is 11.1 Å². The summed E-state index contributed by atoms with van der Waals surface area (Å²) < 4.78 is 80.4. The fourth-order valence-electron chi connectivity index (χ4n) is 5.63. The van der Waals surface area contributed by atoms with Gasteiger partial charge in [-0.1, -0.05) is 55.8 Å². The van der Waals surface area contributed by atoms with E-state index >= 15 is 0 Å². The van der Waals surface area contributed by atoms with Crippen LogP contribution in [0.15, 0.2) is 66.7 Å². The maximum absolute atomic E-state index is 13.4. The monoisotopic (exact) mass is 639 g/mol. The molecular formula is C33H36ClF6N3O. The minimum absolute atomic E-state index is 0.0223. The van der Waals surface area contributed by atoms with Crippen molar-refractivity contribution < 1.29 is 31.1 Å². The number of piperazine rings is 1. The van der Waals surface area contributed by atoms with Crippen molar-refractivity contribution >= 4 is 23.2 Å². The zero-order valence-corrected chi connectivity index (χ0v) is 25.6. The van der Waals surface area contributed by atoms with Crippen molar-refractivity contribution in [3.63, 3.8) is 0 Å². The Bertz CT molecular complexity index is 1380. The zero-order chi connectivity index (χ0) is 32.2. The van der Waals surface area contributed by atoms with Gasteiger partial charge in [0.1, 0.15) is 0 Å². The molecule has 1 heterocycles. The van der Waals surface area contributed by atoms with E-state index < -0.39 is 35.0 Å². The van der Waals surface area contributed by atoms with Gasteiger partial charge < -0.3 is 9.80 Å². The molecule has 1 atom stereocenters. The summed E-state index contributed by atoms with van der Waals surface area (Å²) in [6, 6.07) is 16.5. The van der Waals surface area contributed by atoms with Crippen molar-refractivity contribution in [3.8, 4) is 0 Å². The number of alkyl halides is 6. The number of carbonyl (C=O) groups excluding carboxylic acids is 1. The van der Waals surface area contributed by atoms with Gasteiger partial charge in [-0.05, 0) is 66.4 Å². The molecule has 4 nitrogen and oxygen atoms in total. The Labute approximate surface area is 259 Å². The Morgan fingerprint density at radius 1 is 0.864 bits per heavy atom. The summed E-state index contributed by atoms with van der Waals surface area (Å²) in [6.07, 6.45) is -9.46. The van der Waals surface area contributed by atoms with Crippen LogP contribution in [-0.2, 0) is 12.4 Å². The lowest BCUT2D eigenvalue weighted by Gasteiger charge is -2.38. The highest BCUT2D eigenvalue weighted by atomic mass is 35.5. The van der Waals surface area contributed by atoms with Gasteiger partial charge in [0.15, 0.2) is 0 Å². The molecule has 0 N–H and O–H groups in total. The van der Waals surface area contributed by atoms with Gasteiger partial charge in [-0.15, -0.1) is 0 Å². The third-order valence-electron chi connectivity index (χ3n) is 8.08. The van der Waals surface area contributed by atoms with Gasteiger partial charge in [0, 0.05) is 62.0 Å². The molecule has 11 heteroatoms. The Morgan fingerprint density at radius 2 is 1.43 bits per heavy atom. The van der Waals surface area contributed by atoms with E-state index in [0.29, 0.717) is 36.0 Å². The number of hydrogen-bond donors (Lipinski definition) is 0. The summed E-state index contributed by atoms with van der Waals surface area (Å²) in [7, 11) is 1.39. The molecule has 4 rings (SSSR count). The van der Waals surface area contributed by atoms with Crippen molar-refractivity contribution in [2.75, 3.05) is 51.2 Å². The van der Waals surface area contributed by atoms with Crippen LogP contribution < -0.4 is 4.90 Å². The molecule has 3 aromatic rings. The first-order chi connectivity index (χ1) is 20.6. The number of anilines is 1. The van der Waals surface area contributed by atoms with Gasteiger partial charge >= 0.3 is 12.4 Å². The highest BCUT2D eigenvalue weighted by Gasteiger charge is 2.38. The van der Waals surface area contributed by atoms with Crippen LogP contribution in [0.25, 0.3) is 0 Å². The fraction of sp³-hybridized carbons (Fsp3) is 0.424. The van der Waals surface area contributed by atoms with Gasteiger partial charge in [-0.25, -0.2) is 0 Å². The second kappa shape index (κ2) is 13.8. The van der Waals surface area contributed by atoms with Crippen LogP contribution in [-0.4, -0.2) is 62.0 Å². The first-order valence-corrected chi connectivity index (χ1v) is 14.9. The molecule has 1 unspecified atom stereocenters. The maximum Gasteiger partial charge on any atom is 0.416 e. The first-order valence-electron chi connectivity index (χ1n) is 14.5. The molecule has 1 fully saturated rings. The van der Waals surface area contributed by atoms with Gasteiger partial charge in [-0.3, -0.25) is 9.69 Å². The van der Waals surface area contributed by atoms with Crippen LogP contribution in [0.4, 0.5) is 32.0 Å². The van der Waals surface area contributed by atoms with Crippen LogP contribution in [0.2, 0.25) is 5.02 Å². The summed E-state index contributed by atoms with van der Waals surface area (Å²) in [4.78, 5) is 19.1. The second-order valence-electron chi connectivity index (χ2n) is 11.6. The number of hydrogen-bond acceptors (Lipinski definition) is 3. The van der Waals surface area contributed by atoms with E-state index in [1.54, 1.807) is 12.1 Å². The summed E-state index contributed by atoms with van der Waals surface area (Å²) in [5.74, 6) is -0.744. The molecule has 0 bridgehead atoms. The molecular weight excluding hydrogens is 604 g/mol. The van der Waals surface area contributed by atoms with Crippen molar-refractivity contribution in [1.29, 1.82) is 0 Å². The molecule has 0 aliphatic carbocycles. The standard InChI is InChI=1S/C33H36ClF6N3O/c1-22(2)29-6-4-5-7-30(29)43-16-14-42(15-17-43)13-12-24(23-8-10-28(34)11-9-23)21-41(3)31(44)25-18-26(32(35,36)37)20-27(19-25)33(38,39)40/h4-11,18-20,22,24H,12-17,21H2,1-3H3. The molecule has 1 aliphatic rings. The van der Waals surface area contributed by atoms with Gasteiger partial charge in [0.2, 0.25) is 0 Å². The number of carbonyl (C=O) groups is 1. The predicted molar refractivity (Wildman–Crippen MR) is 161 cm³/mol. The molecule has 0 aromatic heterocycles. The third-order valence-corrected chi connectivity index (χ3v) is 8.33. The molecule has 44 heavy (non-hydrogen) atoms. The van der Waals surface area contributed by atoms with E-state index in [2.05, 4.69) is 41.8 Å². The molecule has 0 saturated carbocycles. The normalized spacial score (nSPS) is 15.5. The van der Waals surface area contributed by atoms with Gasteiger partial charge in [0.25, 0.3) is 5.91 Å². The SMILES string of the molecule is CC(C)c1ccccc1N1CCN(CCC(CN(C)C(=O)c2cc(C(F)(F)F)cc(C(F)(F)F)c2)c2ccc(Cl)cc2)CC1. The number of halogens is 7. The molecule has 1 amide bonds. The number of benzene rings is 3. The average molecular weight is 640 g/mol. The van der Waals surface area contributed by atoms with Crippen LogP contribution in [0.1, 0.15) is 64.7 Å². The molecule has 0 radical (unpaired) electrons. The molecule has 238 valence electrons. The van der Waals surface area contributed by atoms with Crippen molar-refractivity contribution in [3.05, 3.63) is 99.6 Å². The topological polar surface area (TPSA) is 26.8 Å². The van der Waals surface area contributed by atoms with Crippen LogP contribution in [0.5, 0.6) is 0 Å². The van der Waals surface area contributed by atoms with E-state index in [0.717, 1.165) is 31.7 Å². The van der Waals surface area contributed by atoms with Crippen molar-refractivity contribution in [2.45, 2.75) is 44.5 Å². The molecule has 1 saturated heterocycles. The van der Waals surface area contributed by atoms with E-state index in [-0.39, 0.29) is 18.5 Å². The minimum Gasteiger partial charge on any atom is -0.369 e. The Hall–Kier alpha value is -3.24. The third kappa shape index (κ3) is 8.47. The summed E-state index contributed by atoms with van der Waals surface area (Å²) >= 11 is 6.09. The summed E-state index contributed by atoms with van der Waals surface area (Å²) in [6.45, 7) is 8.52. The number of nitrogens with zero attached hydrogens (tertiary/aromatic N) is 3. The number of likely N-dealkylation sites (N-methyl/N-ethyl adjacent to an activating group) is 1. The Balaban J connectivity index is 1.47. The number of amides is 1. The average Bonchev–Trinajstić information content (AvgIpc) is 2.98. The maximum atomic E-state index is 13.4. The van der Waals surface area contributed by atoms with Crippen LogP contribution in [0, 0.1) is 0 Å². The smallest absolute Gasteiger partial charge is 0.369 e. The highest BCUT2D eigenvalue weighted by molar-refractivity contribution is 6.30. The van der Waals surface area contributed by atoms with E-state index in [4.69, 9.17) is 11.6 Å². The highest BCUT2D eigenvalue weighted by Crippen LogP contribution is 2.37. The van der Waals surface area contributed by atoms with Crippen LogP contribution in [0.3, 0.4) is 0 Å². The van der Waals surface area contributed by atoms with Crippen molar-refractivity contribution in [2.24, 2.45) is 0 Å². The van der Waals surface area contributed by atoms with Crippen molar-refractivity contribution in [1.82, 2.24) is 9.80 Å². The predicted octanol–water partition coefficient (Wildman–Crippen LogP) is 8.57. The van der Waals surface area contributed by atoms with Crippen LogP contribution >= 0.6 is 11.6 Å².